The van der Waals surface area contributed by atoms with Gasteiger partial charge in [-0.15, -0.1) is 5.10 Å². The number of hydrogen-bond donors (Lipinski definition) is 2. The molecular weight excluding hydrogens is 270 g/mol. The van der Waals surface area contributed by atoms with Gasteiger partial charge in [-0.25, -0.2) is 18.1 Å². The van der Waals surface area contributed by atoms with E-state index in [1.54, 1.807) is 0 Å². The van der Waals surface area contributed by atoms with Crippen molar-refractivity contribution in [1.29, 1.82) is 0 Å². The maximum atomic E-state index is 12.1. The van der Waals surface area contributed by atoms with Crippen LogP contribution in [0.3, 0.4) is 0 Å². The van der Waals surface area contributed by atoms with Gasteiger partial charge in [0.2, 0.25) is 0 Å². The van der Waals surface area contributed by atoms with Crippen LogP contribution >= 0.6 is 0 Å². The van der Waals surface area contributed by atoms with Gasteiger partial charge >= 0.3 is 0 Å². The molecule has 0 fully saturated rings. The molecule has 0 saturated carbocycles. The first-order valence-electron chi connectivity index (χ1n) is 5.52. The molecule has 19 heavy (non-hydrogen) atoms. The van der Waals surface area contributed by atoms with Gasteiger partial charge in [0.25, 0.3) is 16.0 Å². The van der Waals surface area contributed by atoms with Gasteiger partial charge in [0.1, 0.15) is 4.90 Å². The Bertz CT molecular complexity index is 652. The number of nitrogens with two attached hydrogens (primary N) is 1. The highest BCUT2D eigenvalue weighted by atomic mass is 32.2. The first-order valence-corrected chi connectivity index (χ1v) is 7.00. The zero-order valence-corrected chi connectivity index (χ0v) is 11.0. The molecule has 2 aromatic rings. The summed E-state index contributed by atoms with van der Waals surface area (Å²) in [4.78, 5) is 3.63. The van der Waals surface area contributed by atoms with Gasteiger partial charge in [0, 0.05) is 12.7 Å². The minimum Gasteiger partial charge on any atom is -0.381 e. The molecule has 9 nitrogen and oxygen atoms in total. The van der Waals surface area contributed by atoms with Gasteiger partial charge in [0.05, 0.1) is 12.4 Å². The summed E-state index contributed by atoms with van der Waals surface area (Å²) in [6.45, 7) is 2.54. The molecule has 0 aliphatic heterocycles. The summed E-state index contributed by atoms with van der Waals surface area (Å²) >= 11 is 0. The number of nitrogens with one attached hydrogen (secondary N) is 1. The molecule has 2 aromatic heterocycles. The van der Waals surface area contributed by atoms with Crippen molar-refractivity contribution in [2.75, 3.05) is 10.5 Å². The van der Waals surface area contributed by atoms with Crippen LogP contribution in [0, 0.1) is 0 Å². The van der Waals surface area contributed by atoms with E-state index in [-0.39, 0.29) is 16.7 Å². The van der Waals surface area contributed by atoms with Gasteiger partial charge in [-0.3, -0.25) is 4.68 Å². The second-order valence-corrected chi connectivity index (χ2v) is 5.36. The Morgan fingerprint density at radius 1 is 1.42 bits per heavy atom. The largest absolute Gasteiger partial charge is 0.381 e. The fourth-order valence-electron chi connectivity index (χ4n) is 1.44. The molecule has 2 heterocycles. The molecule has 0 bridgehead atoms. The summed E-state index contributed by atoms with van der Waals surface area (Å²) in [5.41, 5.74) is 5.60. The van der Waals surface area contributed by atoms with Crippen molar-refractivity contribution in [2.45, 2.75) is 24.8 Å². The standard InChI is InChI=1S/C9H13N7O2S/c1-2-5-16-6-7(8(10)14-16)19(17,18)15-9-11-3-4-12-13-9/h3-4,6H,2,5H2,1H3,(H2,10,14)(H,11,13,15). The second-order valence-electron chi connectivity index (χ2n) is 3.71. The molecule has 102 valence electrons. The summed E-state index contributed by atoms with van der Waals surface area (Å²) in [6.07, 6.45) is 4.86. The molecular formula is C9H13N7O2S. The molecule has 0 amide bonds. The maximum Gasteiger partial charge on any atom is 0.269 e. The highest BCUT2D eigenvalue weighted by molar-refractivity contribution is 7.92. The summed E-state index contributed by atoms with van der Waals surface area (Å²) < 4.78 is 27.8. The van der Waals surface area contributed by atoms with Crippen LogP contribution in [0.1, 0.15) is 13.3 Å². The van der Waals surface area contributed by atoms with E-state index in [0.717, 1.165) is 6.42 Å². The molecule has 0 atom stereocenters. The van der Waals surface area contributed by atoms with Crippen LogP contribution in [0.2, 0.25) is 0 Å². The molecule has 0 aromatic carbocycles. The second kappa shape index (κ2) is 5.18. The molecule has 0 aliphatic carbocycles. The average molecular weight is 283 g/mol. The smallest absolute Gasteiger partial charge is 0.269 e. The third-order valence-electron chi connectivity index (χ3n) is 2.21. The number of nitrogens with zero attached hydrogens (tertiary/aromatic N) is 5. The van der Waals surface area contributed by atoms with Gasteiger partial charge in [-0.05, 0) is 6.42 Å². The van der Waals surface area contributed by atoms with Crippen LogP contribution < -0.4 is 10.5 Å². The van der Waals surface area contributed by atoms with Crippen molar-refractivity contribution in [3.63, 3.8) is 0 Å². The molecule has 0 saturated heterocycles. The first-order chi connectivity index (χ1) is 9.03. The molecule has 0 unspecified atom stereocenters. The van der Waals surface area contributed by atoms with Crippen molar-refractivity contribution in [2.24, 2.45) is 0 Å². The molecule has 3 N–H and O–H groups in total. The zero-order chi connectivity index (χ0) is 13.9. The Labute approximate surface area is 109 Å². The Morgan fingerprint density at radius 3 is 2.84 bits per heavy atom. The van der Waals surface area contributed by atoms with Gasteiger partial charge in [-0.2, -0.15) is 10.2 Å². The highest BCUT2D eigenvalue weighted by Gasteiger charge is 2.22. The molecule has 10 heteroatoms. The Hall–Kier alpha value is -2.23. The number of aryl methyl sites for hydroxylation is 1. The number of hydrogen-bond acceptors (Lipinski definition) is 7. The lowest BCUT2D eigenvalue weighted by atomic mass is 10.5. The minimum absolute atomic E-state index is 0.0650. The lowest BCUT2D eigenvalue weighted by Gasteiger charge is -2.03. The normalized spacial score (nSPS) is 11.4. The number of sulfonamides is 1. The van der Waals surface area contributed by atoms with E-state index in [9.17, 15) is 8.42 Å². The summed E-state index contributed by atoms with van der Waals surface area (Å²) in [7, 11) is -3.86. The van der Waals surface area contributed by atoms with E-state index < -0.39 is 10.0 Å². The topological polar surface area (TPSA) is 129 Å². The Balaban J connectivity index is 2.29. The number of nitrogen functional groups attached to an aromatic ring is 1. The highest BCUT2D eigenvalue weighted by Crippen LogP contribution is 2.18. The average Bonchev–Trinajstić information content (AvgIpc) is 2.72. The maximum absolute atomic E-state index is 12.1. The Kier molecular flexibility index (Phi) is 3.60. The van der Waals surface area contributed by atoms with Crippen molar-refractivity contribution >= 4 is 21.8 Å². The molecule has 2 rings (SSSR count). The lowest BCUT2D eigenvalue weighted by molar-refractivity contribution is 0.595. The fraction of sp³-hybridized carbons (Fsp3) is 0.333. The zero-order valence-electron chi connectivity index (χ0n) is 10.2. The van der Waals surface area contributed by atoms with Crippen molar-refractivity contribution in [1.82, 2.24) is 25.0 Å². The molecule has 0 radical (unpaired) electrons. The van der Waals surface area contributed by atoms with E-state index in [1.165, 1.54) is 23.3 Å². The van der Waals surface area contributed by atoms with Crippen LogP contribution in [0.15, 0.2) is 23.5 Å². The fourth-order valence-corrected chi connectivity index (χ4v) is 2.46. The summed E-state index contributed by atoms with van der Waals surface area (Å²) in [5, 5.41) is 11.0. The van der Waals surface area contributed by atoms with Crippen LogP contribution in [0.5, 0.6) is 0 Å². The van der Waals surface area contributed by atoms with Crippen LogP contribution in [-0.2, 0) is 16.6 Å². The molecule has 0 aliphatic rings. The number of anilines is 2. The number of rotatable bonds is 5. The third-order valence-corrected chi connectivity index (χ3v) is 3.55. The van der Waals surface area contributed by atoms with Gasteiger partial charge < -0.3 is 5.73 Å². The van der Waals surface area contributed by atoms with E-state index in [0.29, 0.717) is 6.54 Å². The Morgan fingerprint density at radius 2 is 2.21 bits per heavy atom. The van der Waals surface area contributed by atoms with Crippen LogP contribution in [0.4, 0.5) is 11.8 Å². The first kappa shape index (κ1) is 13.2. The SMILES string of the molecule is CCCn1cc(S(=O)(=O)Nc2nccnn2)c(N)n1. The van der Waals surface area contributed by atoms with Crippen molar-refractivity contribution < 1.29 is 8.42 Å². The van der Waals surface area contributed by atoms with E-state index in [4.69, 9.17) is 5.73 Å². The van der Waals surface area contributed by atoms with Gasteiger partial charge in [-0.1, -0.05) is 6.92 Å². The van der Waals surface area contributed by atoms with Crippen molar-refractivity contribution in [3.05, 3.63) is 18.6 Å². The summed E-state index contributed by atoms with van der Waals surface area (Å²) in [5.74, 6) is -0.185. The van der Waals surface area contributed by atoms with E-state index in [2.05, 4.69) is 25.0 Å². The lowest BCUT2D eigenvalue weighted by Crippen LogP contribution is -2.16. The van der Waals surface area contributed by atoms with E-state index >= 15 is 0 Å². The predicted molar refractivity (Wildman–Crippen MR) is 67.6 cm³/mol. The van der Waals surface area contributed by atoms with Crippen LogP contribution in [0.25, 0.3) is 0 Å². The van der Waals surface area contributed by atoms with Crippen molar-refractivity contribution in [3.8, 4) is 0 Å². The predicted octanol–water partition coefficient (Wildman–Crippen LogP) is -0.139. The minimum atomic E-state index is -3.86. The van der Waals surface area contributed by atoms with Gasteiger partial charge in [0.15, 0.2) is 5.82 Å². The quantitative estimate of drug-likeness (QED) is 0.781. The van der Waals surface area contributed by atoms with E-state index in [1.807, 2.05) is 6.92 Å². The third kappa shape index (κ3) is 2.96. The monoisotopic (exact) mass is 283 g/mol. The number of aromatic nitrogens is 5. The summed E-state index contributed by atoms with van der Waals surface area (Å²) in [6, 6.07) is 0. The molecule has 0 spiro atoms. The van der Waals surface area contributed by atoms with Crippen LogP contribution in [-0.4, -0.2) is 33.4 Å².